The van der Waals surface area contributed by atoms with Gasteiger partial charge < -0.3 is 18.7 Å². The van der Waals surface area contributed by atoms with Crippen LogP contribution >= 0.6 is 0 Å². The van der Waals surface area contributed by atoms with Gasteiger partial charge in [-0.05, 0) is 40.5 Å². The summed E-state index contributed by atoms with van der Waals surface area (Å²) in [6, 6.07) is 11.0. The third kappa shape index (κ3) is 3.60. The zero-order chi connectivity index (χ0) is 18.1. The van der Waals surface area contributed by atoms with E-state index in [9.17, 15) is 13.2 Å². The van der Waals surface area contributed by atoms with Crippen LogP contribution in [0.15, 0.2) is 47.0 Å². The summed E-state index contributed by atoms with van der Waals surface area (Å²) >= 11 is 0. The van der Waals surface area contributed by atoms with E-state index in [2.05, 4.69) is 9.89 Å². The Morgan fingerprint density at radius 3 is 2.46 bits per heavy atom. The van der Waals surface area contributed by atoms with Gasteiger partial charge >= 0.3 is 6.36 Å². The van der Waals surface area contributed by atoms with Gasteiger partial charge in [-0.3, -0.25) is 0 Å². The zero-order valence-corrected chi connectivity index (χ0v) is 13.5. The van der Waals surface area contributed by atoms with Crippen molar-refractivity contribution >= 4 is 11.0 Å². The first kappa shape index (κ1) is 16.7. The Balaban J connectivity index is 1.56. The van der Waals surface area contributed by atoms with Crippen LogP contribution in [0.2, 0.25) is 0 Å². The molecule has 0 N–H and O–H groups in total. The molecule has 1 saturated heterocycles. The number of fused-ring (bicyclic) bond motifs is 1. The average molecular weight is 365 g/mol. The van der Waals surface area contributed by atoms with E-state index in [0.29, 0.717) is 23.5 Å². The molecular weight excluding hydrogens is 351 g/mol. The summed E-state index contributed by atoms with van der Waals surface area (Å²) in [6.07, 6.45) is -3.68. The molecule has 2 aromatic carbocycles. The standard InChI is InChI=1S/C18H14F3NO4/c19-18(20,21)25-13-4-1-11(2-5-13)12-3-6-16-15(9-12)17(22-26-16)24-10-14-7-8-23-14/h1-6,9,14H,7-8,10H2. The fourth-order valence-electron chi connectivity index (χ4n) is 2.64. The lowest BCUT2D eigenvalue weighted by molar-refractivity contribution is -0.274. The van der Waals surface area contributed by atoms with Crippen LogP contribution in [-0.2, 0) is 4.74 Å². The first-order chi connectivity index (χ1) is 12.5. The lowest BCUT2D eigenvalue weighted by Crippen LogP contribution is -2.32. The molecule has 4 rings (SSSR count). The van der Waals surface area contributed by atoms with E-state index >= 15 is 0 Å². The molecule has 2 heterocycles. The van der Waals surface area contributed by atoms with E-state index in [1.54, 1.807) is 24.3 Å². The molecule has 1 aliphatic heterocycles. The molecule has 1 aliphatic rings. The van der Waals surface area contributed by atoms with Crippen LogP contribution in [-0.4, -0.2) is 30.8 Å². The van der Waals surface area contributed by atoms with Crippen molar-refractivity contribution in [1.29, 1.82) is 0 Å². The molecule has 0 aliphatic carbocycles. The Labute approximate surface area is 146 Å². The van der Waals surface area contributed by atoms with Crippen molar-refractivity contribution in [3.8, 4) is 22.8 Å². The fraction of sp³-hybridized carbons (Fsp3) is 0.278. The van der Waals surface area contributed by atoms with Crippen molar-refractivity contribution in [1.82, 2.24) is 5.16 Å². The number of aromatic nitrogens is 1. The third-order valence-corrected chi connectivity index (χ3v) is 4.06. The van der Waals surface area contributed by atoms with Gasteiger partial charge in [-0.1, -0.05) is 18.2 Å². The molecule has 1 atom stereocenters. The molecule has 1 fully saturated rings. The number of hydrogen-bond acceptors (Lipinski definition) is 5. The van der Waals surface area contributed by atoms with Crippen molar-refractivity contribution in [3.63, 3.8) is 0 Å². The Kier molecular flexibility index (Phi) is 4.20. The topological polar surface area (TPSA) is 53.7 Å². The van der Waals surface area contributed by atoms with E-state index in [4.69, 9.17) is 14.0 Å². The molecule has 1 unspecified atom stereocenters. The summed E-state index contributed by atoms with van der Waals surface area (Å²) in [7, 11) is 0. The maximum atomic E-state index is 12.2. The Morgan fingerprint density at radius 2 is 1.81 bits per heavy atom. The maximum absolute atomic E-state index is 12.2. The maximum Gasteiger partial charge on any atom is 0.573 e. The minimum Gasteiger partial charge on any atom is -0.472 e. The number of benzene rings is 2. The number of halogens is 3. The lowest BCUT2D eigenvalue weighted by Gasteiger charge is -2.25. The van der Waals surface area contributed by atoms with Gasteiger partial charge in [0.2, 0.25) is 0 Å². The van der Waals surface area contributed by atoms with Crippen molar-refractivity contribution in [2.24, 2.45) is 0 Å². The van der Waals surface area contributed by atoms with Gasteiger partial charge in [-0.15, -0.1) is 13.2 Å². The highest BCUT2D eigenvalue weighted by Crippen LogP contribution is 2.32. The number of hydrogen-bond donors (Lipinski definition) is 0. The molecule has 0 spiro atoms. The Hall–Kier alpha value is -2.74. The molecule has 0 radical (unpaired) electrons. The monoisotopic (exact) mass is 365 g/mol. The van der Waals surface area contributed by atoms with Gasteiger partial charge in [0.1, 0.15) is 12.4 Å². The number of ether oxygens (including phenoxy) is 3. The molecule has 3 aromatic rings. The van der Waals surface area contributed by atoms with Gasteiger partial charge in [-0.2, -0.15) is 0 Å². The predicted octanol–water partition coefficient (Wildman–Crippen LogP) is 4.56. The third-order valence-electron chi connectivity index (χ3n) is 4.06. The molecule has 0 bridgehead atoms. The van der Waals surface area contributed by atoms with Crippen LogP contribution in [0.5, 0.6) is 11.6 Å². The average Bonchev–Trinajstić information content (AvgIpc) is 2.95. The summed E-state index contributed by atoms with van der Waals surface area (Å²) in [5.41, 5.74) is 2.09. The van der Waals surface area contributed by atoms with E-state index < -0.39 is 6.36 Å². The van der Waals surface area contributed by atoms with Crippen LogP contribution in [0.3, 0.4) is 0 Å². The second-order valence-electron chi connectivity index (χ2n) is 5.86. The van der Waals surface area contributed by atoms with E-state index in [1.807, 2.05) is 6.07 Å². The Bertz CT molecular complexity index is 901. The molecule has 26 heavy (non-hydrogen) atoms. The van der Waals surface area contributed by atoms with Crippen molar-refractivity contribution in [2.75, 3.05) is 13.2 Å². The quantitative estimate of drug-likeness (QED) is 0.663. The molecule has 0 amide bonds. The zero-order valence-electron chi connectivity index (χ0n) is 13.5. The normalized spacial score (nSPS) is 17.1. The van der Waals surface area contributed by atoms with Gasteiger partial charge in [0.05, 0.1) is 11.5 Å². The van der Waals surface area contributed by atoms with Gasteiger partial charge in [-0.25, -0.2) is 0 Å². The van der Waals surface area contributed by atoms with Crippen LogP contribution in [0.1, 0.15) is 6.42 Å². The van der Waals surface area contributed by atoms with Crippen LogP contribution in [0.25, 0.3) is 22.1 Å². The number of alkyl halides is 3. The molecule has 136 valence electrons. The minimum absolute atomic E-state index is 0.0751. The predicted molar refractivity (Wildman–Crippen MR) is 86.0 cm³/mol. The second-order valence-corrected chi connectivity index (χ2v) is 5.86. The van der Waals surface area contributed by atoms with Gasteiger partial charge in [0, 0.05) is 13.0 Å². The molecule has 0 saturated carbocycles. The summed E-state index contributed by atoms with van der Waals surface area (Å²) < 4.78 is 56.8. The lowest BCUT2D eigenvalue weighted by atomic mass is 10.0. The van der Waals surface area contributed by atoms with Crippen molar-refractivity contribution in [3.05, 3.63) is 42.5 Å². The number of rotatable bonds is 5. The largest absolute Gasteiger partial charge is 0.573 e. The molecular formula is C18H14F3NO4. The number of nitrogens with zero attached hydrogens (tertiary/aromatic N) is 1. The summed E-state index contributed by atoms with van der Waals surface area (Å²) in [4.78, 5) is 0. The van der Waals surface area contributed by atoms with Crippen molar-refractivity contribution < 1.29 is 31.9 Å². The van der Waals surface area contributed by atoms with Gasteiger partial charge in [0.15, 0.2) is 5.58 Å². The van der Waals surface area contributed by atoms with E-state index in [0.717, 1.165) is 24.2 Å². The summed E-state index contributed by atoms with van der Waals surface area (Å²) in [6.45, 7) is 1.14. The fourth-order valence-corrected chi connectivity index (χ4v) is 2.64. The van der Waals surface area contributed by atoms with Gasteiger partial charge in [0.25, 0.3) is 5.88 Å². The van der Waals surface area contributed by atoms with Crippen LogP contribution in [0, 0.1) is 0 Å². The van der Waals surface area contributed by atoms with E-state index in [-0.39, 0.29) is 11.9 Å². The smallest absolute Gasteiger partial charge is 0.472 e. The summed E-state index contributed by atoms with van der Waals surface area (Å²) in [5, 5.41) is 4.61. The Morgan fingerprint density at radius 1 is 1.08 bits per heavy atom. The van der Waals surface area contributed by atoms with Crippen LogP contribution in [0.4, 0.5) is 13.2 Å². The highest BCUT2D eigenvalue weighted by Gasteiger charge is 2.31. The second kappa shape index (κ2) is 6.53. The van der Waals surface area contributed by atoms with Crippen LogP contribution < -0.4 is 9.47 Å². The van der Waals surface area contributed by atoms with Crippen molar-refractivity contribution in [2.45, 2.75) is 18.9 Å². The highest BCUT2D eigenvalue weighted by atomic mass is 19.4. The van der Waals surface area contributed by atoms with E-state index in [1.165, 1.54) is 12.1 Å². The first-order valence-electron chi connectivity index (χ1n) is 7.98. The SMILES string of the molecule is FC(F)(F)Oc1ccc(-c2ccc3onc(OCC4CCO4)c3c2)cc1. The summed E-state index contributed by atoms with van der Waals surface area (Å²) in [5.74, 6) is 0.103. The first-order valence-corrected chi connectivity index (χ1v) is 7.98. The minimum atomic E-state index is -4.71. The highest BCUT2D eigenvalue weighted by molar-refractivity contribution is 5.87. The molecule has 8 heteroatoms. The molecule has 5 nitrogen and oxygen atoms in total. The molecule has 1 aromatic heterocycles.